The summed E-state index contributed by atoms with van der Waals surface area (Å²) in [5.74, 6) is 0.511. The Hall–Kier alpha value is -1.10. The van der Waals surface area contributed by atoms with Crippen molar-refractivity contribution >= 4 is 18.4 Å². The summed E-state index contributed by atoms with van der Waals surface area (Å²) in [6, 6.07) is 10.4. The number of benzene rings is 1. The van der Waals surface area contributed by atoms with Gasteiger partial charge in [0.15, 0.2) is 0 Å². The third kappa shape index (κ3) is 5.21. The second kappa shape index (κ2) is 10.3. The standard InChI is InChI=1S/C21H34N2O2.ClH/c1-6-20(24)25-21(17-11-8-7-9-12-17)18(15-22(2)3)13-10-14-19(21)16-23(4)5;/h7-9,11-12,18-19H,6,10,13-16H2,1-5H3;1H. The highest BCUT2D eigenvalue weighted by molar-refractivity contribution is 5.85. The fraction of sp³-hybridized carbons (Fsp3) is 0.667. The summed E-state index contributed by atoms with van der Waals surface area (Å²) in [6.07, 6.45) is 3.79. The van der Waals surface area contributed by atoms with Crippen LogP contribution in [-0.4, -0.2) is 57.0 Å². The smallest absolute Gasteiger partial charge is 0.306 e. The zero-order chi connectivity index (χ0) is 18.4. The van der Waals surface area contributed by atoms with Crippen LogP contribution < -0.4 is 0 Å². The predicted molar refractivity (Wildman–Crippen MR) is 110 cm³/mol. The van der Waals surface area contributed by atoms with Gasteiger partial charge < -0.3 is 14.5 Å². The first-order valence-corrected chi connectivity index (χ1v) is 9.47. The molecule has 1 aromatic rings. The van der Waals surface area contributed by atoms with E-state index in [4.69, 9.17) is 4.74 Å². The monoisotopic (exact) mass is 382 g/mol. The zero-order valence-corrected chi connectivity index (χ0v) is 17.7. The number of halogens is 1. The SMILES string of the molecule is CCC(=O)OC1(c2ccccc2)C(CN(C)C)CCCC1CN(C)C.Cl. The Balaban J connectivity index is 0.00000338. The molecule has 4 nitrogen and oxygen atoms in total. The van der Waals surface area contributed by atoms with Crippen LogP contribution in [0.4, 0.5) is 0 Å². The van der Waals surface area contributed by atoms with Gasteiger partial charge in [-0.15, -0.1) is 12.4 Å². The molecule has 0 bridgehead atoms. The molecule has 148 valence electrons. The second-order valence-corrected chi connectivity index (χ2v) is 7.84. The third-order valence-electron chi connectivity index (χ3n) is 5.29. The normalized spacial score (nSPS) is 25.8. The number of carbonyl (C=O) groups is 1. The second-order valence-electron chi connectivity index (χ2n) is 7.84. The van der Waals surface area contributed by atoms with Gasteiger partial charge in [-0.3, -0.25) is 4.79 Å². The molecule has 26 heavy (non-hydrogen) atoms. The Morgan fingerprint density at radius 3 is 1.96 bits per heavy atom. The molecule has 2 atom stereocenters. The number of esters is 1. The topological polar surface area (TPSA) is 32.8 Å². The summed E-state index contributed by atoms with van der Waals surface area (Å²) in [4.78, 5) is 16.9. The summed E-state index contributed by atoms with van der Waals surface area (Å²) in [6.45, 7) is 3.73. The molecule has 0 aliphatic heterocycles. The third-order valence-corrected chi connectivity index (χ3v) is 5.29. The van der Waals surface area contributed by atoms with Crippen LogP contribution in [0.25, 0.3) is 0 Å². The lowest BCUT2D eigenvalue weighted by Crippen LogP contribution is -2.54. The molecule has 0 amide bonds. The Bertz CT molecular complexity index is 530. The van der Waals surface area contributed by atoms with Crippen molar-refractivity contribution in [1.29, 1.82) is 0 Å². The lowest BCUT2D eigenvalue weighted by molar-refractivity contribution is -0.187. The van der Waals surface area contributed by atoms with Gasteiger partial charge in [0.2, 0.25) is 0 Å². The van der Waals surface area contributed by atoms with E-state index >= 15 is 0 Å². The summed E-state index contributed by atoms with van der Waals surface area (Å²) in [5.41, 5.74) is 0.608. The first kappa shape index (κ1) is 22.9. The molecule has 2 rings (SSSR count). The Morgan fingerprint density at radius 2 is 1.54 bits per heavy atom. The summed E-state index contributed by atoms with van der Waals surface area (Å²) in [5, 5.41) is 0. The van der Waals surface area contributed by atoms with Crippen molar-refractivity contribution in [3.05, 3.63) is 35.9 Å². The number of ether oxygens (including phenoxy) is 1. The molecule has 5 heteroatoms. The van der Waals surface area contributed by atoms with E-state index in [1.54, 1.807) is 0 Å². The van der Waals surface area contributed by atoms with Crippen molar-refractivity contribution < 1.29 is 9.53 Å². The van der Waals surface area contributed by atoms with Crippen LogP contribution in [0.1, 0.15) is 38.2 Å². The van der Waals surface area contributed by atoms with Crippen molar-refractivity contribution in [3.63, 3.8) is 0 Å². The Kier molecular flexibility index (Phi) is 9.08. The first-order valence-electron chi connectivity index (χ1n) is 9.47. The minimum Gasteiger partial charge on any atom is -0.453 e. The lowest BCUT2D eigenvalue weighted by atomic mass is 9.64. The largest absolute Gasteiger partial charge is 0.453 e. The van der Waals surface area contributed by atoms with E-state index in [9.17, 15) is 4.79 Å². The molecule has 0 aromatic heterocycles. The van der Waals surface area contributed by atoms with E-state index in [0.717, 1.165) is 31.5 Å². The molecule has 0 radical (unpaired) electrons. The van der Waals surface area contributed by atoms with Crippen molar-refractivity contribution in [2.45, 2.75) is 38.2 Å². The van der Waals surface area contributed by atoms with E-state index < -0.39 is 5.60 Å². The minimum absolute atomic E-state index is 0. The van der Waals surface area contributed by atoms with Gasteiger partial charge in [0.05, 0.1) is 0 Å². The van der Waals surface area contributed by atoms with Crippen molar-refractivity contribution in [3.8, 4) is 0 Å². The van der Waals surface area contributed by atoms with Gasteiger partial charge in [-0.2, -0.15) is 0 Å². The fourth-order valence-corrected chi connectivity index (χ4v) is 4.36. The molecule has 0 N–H and O–H groups in total. The summed E-state index contributed by atoms with van der Waals surface area (Å²) >= 11 is 0. The van der Waals surface area contributed by atoms with Gasteiger partial charge in [-0.05, 0) is 46.6 Å². The van der Waals surface area contributed by atoms with E-state index in [0.29, 0.717) is 18.3 Å². The molecule has 1 saturated carbocycles. The highest BCUT2D eigenvalue weighted by Crippen LogP contribution is 2.49. The van der Waals surface area contributed by atoms with Crippen molar-refractivity contribution in [2.75, 3.05) is 41.3 Å². The molecule has 0 spiro atoms. The van der Waals surface area contributed by atoms with Gasteiger partial charge in [-0.1, -0.05) is 43.7 Å². The van der Waals surface area contributed by atoms with Crippen LogP contribution in [0.3, 0.4) is 0 Å². The molecule has 1 aliphatic rings. The average Bonchev–Trinajstić information content (AvgIpc) is 2.57. The highest BCUT2D eigenvalue weighted by atomic mass is 35.5. The summed E-state index contributed by atoms with van der Waals surface area (Å²) in [7, 11) is 8.42. The number of hydrogen-bond acceptors (Lipinski definition) is 4. The maximum Gasteiger partial charge on any atom is 0.306 e. The maximum absolute atomic E-state index is 12.5. The molecule has 1 aromatic carbocycles. The van der Waals surface area contributed by atoms with Crippen LogP contribution in [0.2, 0.25) is 0 Å². The zero-order valence-electron chi connectivity index (χ0n) is 16.9. The lowest BCUT2D eigenvalue weighted by Gasteiger charge is -2.50. The number of carbonyl (C=O) groups excluding carboxylic acids is 1. The van der Waals surface area contributed by atoms with Gasteiger partial charge >= 0.3 is 5.97 Å². The highest BCUT2D eigenvalue weighted by Gasteiger charge is 2.52. The van der Waals surface area contributed by atoms with Gasteiger partial charge in [0.25, 0.3) is 0 Å². The van der Waals surface area contributed by atoms with Crippen LogP contribution in [0, 0.1) is 11.8 Å². The van der Waals surface area contributed by atoms with E-state index in [-0.39, 0.29) is 18.4 Å². The average molecular weight is 383 g/mol. The summed E-state index contributed by atoms with van der Waals surface area (Å²) < 4.78 is 6.35. The Morgan fingerprint density at radius 1 is 1.04 bits per heavy atom. The van der Waals surface area contributed by atoms with Crippen LogP contribution in [0.5, 0.6) is 0 Å². The Labute approximate surface area is 165 Å². The molecule has 1 fully saturated rings. The van der Waals surface area contributed by atoms with E-state index in [1.807, 2.05) is 13.0 Å². The fourth-order valence-electron chi connectivity index (χ4n) is 4.36. The quantitative estimate of drug-likeness (QED) is 0.671. The van der Waals surface area contributed by atoms with Gasteiger partial charge in [0, 0.05) is 31.3 Å². The first-order chi connectivity index (χ1) is 11.9. The molecule has 0 heterocycles. The van der Waals surface area contributed by atoms with Gasteiger partial charge in [-0.25, -0.2) is 0 Å². The maximum atomic E-state index is 12.5. The van der Waals surface area contributed by atoms with Crippen LogP contribution in [-0.2, 0) is 15.1 Å². The number of rotatable bonds is 7. The minimum atomic E-state index is -0.541. The van der Waals surface area contributed by atoms with Crippen LogP contribution in [0.15, 0.2) is 30.3 Å². The van der Waals surface area contributed by atoms with Crippen molar-refractivity contribution in [1.82, 2.24) is 9.80 Å². The molecule has 0 saturated heterocycles. The number of hydrogen-bond donors (Lipinski definition) is 0. The number of nitrogens with zero attached hydrogens (tertiary/aromatic N) is 2. The molecule has 2 unspecified atom stereocenters. The van der Waals surface area contributed by atoms with E-state index in [2.05, 4.69) is 62.3 Å². The van der Waals surface area contributed by atoms with Crippen LogP contribution >= 0.6 is 12.4 Å². The predicted octanol–water partition coefficient (Wildman–Crippen LogP) is 3.80. The molecule has 1 aliphatic carbocycles. The van der Waals surface area contributed by atoms with E-state index in [1.165, 1.54) is 6.42 Å². The van der Waals surface area contributed by atoms with Crippen molar-refractivity contribution in [2.24, 2.45) is 11.8 Å². The molecular weight excluding hydrogens is 348 g/mol. The van der Waals surface area contributed by atoms with Gasteiger partial charge in [0.1, 0.15) is 5.60 Å². The molecular formula is C21H35ClN2O2.